The van der Waals surface area contributed by atoms with Gasteiger partial charge in [0.15, 0.2) is 5.76 Å². The van der Waals surface area contributed by atoms with Gasteiger partial charge in [0.2, 0.25) is 11.7 Å². The van der Waals surface area contributed by atoms with Crippen molar-refractivity contribution in [3.63, 3.8) is 0 Å². The van der Waals surface area contributed by atoms with Crippen molar-refractivity contribution in [2.24, 2.45) is 5.92 Å². The van der Waals surface area contributed by atoms with Gasteiger partial charge in [0.1, 0.15) is 18.4 Å². The van der Waals surface area contributed by atoms with Crippen molar-refractivity contribution < 1.29 is 28.6 Å². The Labute approximate surface area is 202 Å². The Morgan fingerprint density at radius 1 is 1.06 bits per heavy atom. The lowest BCUT2D eigenvalue weighted by atomic mass is 9.79. The lowest BCUT2D eigenvalue weighted by Gasteiger charge is -2.30. The molecule has 34 heavy (non-hydrogen) atoms. The number of benzene rings is 1. The second kappa shape index (κ2) is 9.56. The van der Waals surface area contributed by atoms with E-state index in [0.717, 1.165) is 16.0 Å². The Morgan fingerprint density at radius 3 is 2.29 bits per heavy atom. The van der Waals surface area contributed by atoms with Crippen molar-refractivity contribution in [1.82, 2.24) is 4.90 Å². The zero-order valence-electron chi connectivity index (χ0n) is 19.5. The molecule has 4 rings (SSSR count). The number of amides is 1. The highest BCUT2D eigenvalue weighted by Crippen LogP contribution is 2.53. The van der Waals surface area contributed by atoms with E-state index in [1.807, 2.05) is 49.6 Å². The molecule has 3 heterocycles. The predicted molar refractivity (Wildman–Crippen MR) is 127 cm³/mol. The Morgan fingerprint density at radius 2 is 1.76 bits per heavy atom. The molecule has 0 aliphatic carbocycles. The number of carbonyl (C=O) groups excluding carboxylic acids is 2. The molecule has 1 aliphatic heterocycles. The molecule has 4 unspecified atom stereocenters. The van der Waals surface area contributed by atoms with Gasteiger partial charge in [-0.15, -0.1) is 11.3 Å². The van der Waals surface area contributed by atoms with Crippen LogP contribution in [0.1, 0.15) is 49.8 Å². The van der Waals surface area contributed by atoms with Gasteiger partial charge in [0, 0.05) is 17.9 Å². The normalized spacial score (nSPS) is 22.2. The molecule has 4 atom stereocenters. The number of methoxy groups -OCH3 is 1. The van der Waals surface area contributed by atoms with E-state index < -0.39 is 35.8 Å². The summed E-state index contributed by atoms with van der Waals surface area (Å²) in [4.78, 5) is 42.1. The number of rotatable bonds is 7. The fourth-order valence-electron chi connectivity index (χ4n) is 4.89. The number of ether oxygens (including phenoxy) is 1. The number of carboxylic acid groups (broad SMARTS) is 1. The molecule has 3 aromatic rings. The van der Waals surface area contributed by atoms with Crippen LogP contribution < -0.4 is 0 Å². The molecular weight excluding hydrogens is 454 g/mol. The van der Waals surface area contributed by atoms with E-state index >= 15 is 0 Å². The lowest BCUT2D eigenvalue weighted by molar-refractivity contribution is -0.151. The molecule has 8 heteroatoms. The Kier molecular flexibility index (Phi) is 6.72. The average Bonchev–Trinajstić information content (AvgIpc) is 3.50. The molecule has 0 bridgehead atoms. The predicted octanol–water partition coefficient (Wildman–Crippen LogP) is 4.53. The van der Waals surface area contributed by atoms with Crippen LogP contribution in [0.25, 0.3) is 0 Å². The van der Waals surface area contributed by atoms with Crippen LogP contribution in [0.15, 0.2) is 52.3 Å². The summed E-state index contributed by atoms with van der Waals surface area (Å²) in [6.45, 7) is 5.30. The maximum absolute atomic E-state index is 14.0. The summed E-state index contributed by atoms with van der Waals surface area (Å²) >= 11 is 1.40. The standard InChI is InChI=1S/C26H27NO6S/c1-14-5-8-17(9-6-14)22-20(24(29)18-10-7-16(3)33-18)21(25-15(2)11-12-34-25)23(26(30)31)27(22)19(28)13-32-4/h5-12,20-23H,13H2,1-4H3,(H,30,31). The minimum Gasteiger partial charge on any atom is -0.480 e. The number of aliphatic carboxylic acids is 1. The van der Waals surface area contributed by atoms with Crippen LogP contribution in [0.5, 0.6) is 0 Å². The van der Waals surface area contributed by atoms with Crippen molar-refractivity contribution in [3.05, 3.63) is 80.9 Å². The fraction of sp³-hybridized carbons (Fsp3) is 0.346. The summed E-state index contributed by atoms with van der Waals surface area (Å²) in [5.41, 5.74) is 2.60. The molecule has 1 fully saturated rings. The lowest BCUT2D eigenvalue weighted by Crippen LogP contribution is -2.45. The van der Waals surface area contributed by atoms with Crippen molar-refractivity contribution in [3.8, 4) is 0 Å². The van der Waals surface area contributed by atoms with Gasteiger partial charge in [-0.2, -0.15) is 0 Å². The van der Waals surface area contributed by atoms with Gasteiger partial charge in [0.05, 0.1) is 12.0 Å². The molecule has 1 amide bonds. The monoisotopic (exact) mass is 481 g/mol. The molecule has 178 valence electrons. The third-order valence-corrected chi connectivity index (χ3v) is 7.50. The van der Waals surface area contributed by atoms with E-state index in [0.29, 0.717) is 11.3 Å². The smallest absolute Gasteiger partial charge is 0.327 e. The average molecular weight is 482 g/mol. The van der Waals surface area contributed by atoms with Gasteiger partial charge in [0.25, 0.3) is 0 Å². The van der Waals surface area contributed by atoms with E-state index in [-0.39, 0.29) is 18.2 Å². The maximum Gasteiger partial charge on any atom is 0.327 e. The van der Waals surface area contributed by atoms with Gasteiger partial charge in [-0.05, 0) is 55.5 Å². The van der Waals surface area contributed by atoms with Gasteiger partial charge < -0.3 is 19.2 Å². The van der Waals surface area contributed by atoms with Crippen molar-refractivity contribution in [1.29, 1.82) is 0 Å². The molecule has 0 radical (unpaired) electrons. The number of furan rings is 1. The highest BCUT2D eigenvalue weighted by Gasteiger charge is 2.58. The first-order chi connectivity index (χ1) is 16.2. The summed E-state index contributed by atoms with van der Waals surface area (Å²) in [7, 11) is 1.39. The van der Waals surface area contributed by atoms with Crippen LogP contribution in [0.2, 0.25) is 0 Å². The molecule has 0 saturated carbocycles. The van der Waals surface area contributed by atoms with Crippen LogP contribution in [-0.4, -0.2) is 47.4 Å². The zero-order valence-corrected chi connectivity index (χ0v) is 20.3. The number of Topliss-reactive ketones (excluding diaryl/α,β-unsaturated/α-hetero) is 1. The Hall–Kier alpha value is -3.23. The van der Waals surface area contributed by atoms with E-state index in [2.05, 4.69) is 0 Å². The van der Waals surface area contributed by atoms with Crippen LogP contribution in [0, 0.1) is 26.7 Å². The van der Waals surface area contributed by atoms with E-state index in [1.54, 1.807) is 19.1 Å². The van der Waals surface area contributed by atoms with Gasteiger partial charge in [-0.3, -0.25) is 9.59 Å². The van der Waals surface area contributed by atoms with Crippen LogP contribution in [0.3, 0.4) is 0 Å². The first-order valence-electron chi connectivity index (χ1n) is 11.0. The number of likely N-dealkylation sites (tertiary alicyclic amines) is 1. The summed E-state index contributed by atoms with van der Waals surface area (Å²) in [6, 6.07) is 10.7. The van der Waals surface area contributed by atoms with Crippen molar-refractivity contribution in [2.75, 3.05) is 13.7 Å². The van der Waals surface area contributed by atoms with Gasteiger partial charge in [-0.1, -0.05) is 29.8 Å². The van der Waals surface area contributed by atoms with Crippen molar-refractivity contribution >= 4 is 29.0 Å². The number of carboxylic acids is 1. The fourth-order valence-corrected chi connectivity index (χ4v) is 6.00. The summed E-state index contributed by atoms with van der Waals surface area (Å²) < 4.78 is 10.8. The second-order valence-electron chi connectivity index (χ2n) is 8.67. The summed E-state index contributed by atoms with van der Waals surface area (Å²) in [6.07, 6.45) is 0. The van der Waals surface area contributed by atoms with Crippen LogP contribution in [-0.2, 0) is 14.3 Å². The molecule has 1 N–H and O–H groups in total. The highest BCUT2D eigenvalue weighted by atomic mass is 32.1. The molecular formula is C26H27NO6S. The minimum atomic E-state index is -1.24. The van der Waals surface area contributed by atoms with Crippen LogP contribution >= 0.6 is 11.3 Å². The number of nitrogens with zero attached hydrogens (tertiary/aromatic N) is 1. The van der Waals surface area contributed by atoms with E-state index in [4.69, 9.17) is 9.15 Å². The first kappa shape index (κ1) is 23.9. The molecule has 0 spiro atoms. The molecule has 1 aromatic carbocycles. The number of hydrogen-bond donors (Lipinski definition) is 1. The SMILES string of the molecule is COCC(=O)N1C(C(=O)O)C(c2sccc2C)C(C(=O)c2ccc(C)o2)C1c1ccc(C)cc1. The molecule has 2 aromatic heterocycles. The minimum absolute atomic E-state index is 0.156. The van der Waals surface area contributed by atoms with E-state index in [1.165, 1.54) is 23.3 Å². The second-order valence-corrected chi connectivity index (χ2v) is 9.61. The third-order valence-electron chi connectivity index (χ3n) is 6.38. The van der Waals surface area contributed by atoms with Gasteiger partial charge >= 0.3 is 5.97 Å². The number of carbonyl (C=O) groups is 3. The number of thiophene rings is 1. The van der Waals surface area contributed by atoms with Crippen molar-refractivity contribution in [2.45, 2.75) is 38.8 Å². The summed E-state index contributed by atoms with van der Waals surface area (Å²) in [5, 5.41) is 12.3. The first-order valence-corrected chi connectivity index (χ1v) is 11.9. The number of hydrogen-bond acceptors (Lipinski definition) is 6. The zero-order chi connectivity index (χ0) is 24.6. The summed E-state index contributed by atoms with van der Waals surface area (Å²) in [5.74, 6) is -2.83. The third kappa shape index (κ3) is 4.19. The van der Waals surface area contributed by atoms with E-state index in [9.17, 15) is 19.5 Å². The number of ketones is 1. The largest absolute Gasteiger partial charge is 0.480 e. The Bertz CT molecular complexity index is 1210. The molecule has 1 saturated heterocycles. The highest BCUT2D eigenvalue weighted by molar-refractivity contribution is 7.10. The topological polar surface area (TPSA) is 97.0 Å². The Balaban J connectivity index is 1.98. The van der Waals surface area contributed by atoms with Crippen LogP contribution in [0.4, 0.5) is 0 Å². The molecule has 1 aliphatic rings. The quantitative estimate of drug-likeness (QED) is 0.498. The molecule has 7 nitrogen and oxygen atoms in total. The maximum atomic E-state index is 14.0. The van der Waals surface area contributed by atoms with Gasteiger partial charge in [-0.25, -0.2) is 4.79 Å². The number of aryl methyl sites for hydroxylation is 3.